The molecule has 1 aromatic heterocycles. The van der Waals surface area contributed by atoms with Crippen molar-refractivity contribution in [3.8, 4) is 0 Å². The predicted octanol–water partition coefficient (Wildman–Crippen LogP) is 3.17. The van der Waals surface area contributed by atoms with Crippen molar-refractivity contribution in [1.29, 1.82) is 0 Å². The van der Waals surface area contributed by atoms with E-state index in [9.17, 15) is 9.59 Å². The molecule has 3 heterocycles. The summed E-state index contributed by atoms with van der Waals surface area (Å²) in [6, 6.07) is 4.18. The molecule has 4 rings (SSSR count). The second kappa shape index (κ2) is 5.82. The van der Waals surface area contributed by atoms with Gasteiger partial charge >= 0.3 is 12.0 Å². The number of imide groups is 1. The van der Waals surface area contributed by atoms with Crippen LogP contribution in [0.5, 0.6) is 0 Å². The van der Waals surface area contributed by atoms with Crippen molar-refractivity contribution in [3.05, 3.63) is 45.3 Å². The molecule has 1 fully saturated rings. The molecular formula is C17H15Cl2N4O3+. The van der Waals surface area contributed by atoms with Gasteiger partial charge in [0.2, 0.25) is 0 Å². The topological polar surface area (TPSA) is 70.0 Å². The molecule has 3 amide bonds. The summed E-state index contributed by atoms with van der Waals surface area (Å²) < 4.78 is 7.32. The maximum absolute atomic E-state index is 13.1. The lowest BCUT2D eigenvalue weighted by molar-refractivity contribution is -0.685. The molecule has 0 N–H and O–H groups in total. The van der Waals surface area contributed by atoms with Gasteiger partial charge in [0.05, 0.1) is 16.6 Å². The van der Waals surface area contributed by atoms with E-state index in [-0.39, 0.29) is 12.5 Å². The normalized spacial score (nSPS) is 19.0. The summed E-state index contributed by atoms with van der Waals surface area (Å²) in [5.41, 5.74) is 1.51. The molecule has 2 aliphatic rings. The molecule has 0 aliphatic carbocycles. The Morgan fingerprint density at radius 3 is 2.65 bits per heavy atom. The number of aromatic nitrogens is 1. The van der Waals surface area contributed by atoms with E-state index in [2.05, 4.69) is 4.99 Å². The van der Waals surface area contributed by atoms with Crippen LogP contribution in [0.15, 0.2) is 27.6 Å². The third-order valence-electron chi connectivity index (χ3n) is 4.72. The van der Waals surface area contributed by atoms with E-state index in [4.69, 9.17) is 27.6 Å². The second-order valence-electron chi connectivity index (χ2n) is 6.28. The van der Waals surface area contributed by atoms with Gasteiger partial charge in [0.15, 0.2) is 5.76 Å². The standard InChI is InChI=1S/C17H15Cl2N4O3/c1-8-9(2)26-16-20-14-13(23(8)16)15(24)22(17(25)21(14)3)7-10-4-5-11(18)12(19)6-10/h4-6,13H,7H2,1-3H3/q+1. The van der Waals surface area contributed by atoms with Crippen LogP contribution in [0.2, 0.25) is 10.0 Å². The number of rotatable bonds is 2. The minimum Gasteiger partial charge on any atom is -0.389 e. The number of amides is 3. The Morgan fingerprint density at radius 1 is 1.23 bits per heavy atom. The number of amidine groups is 1. The number of aliphatic imine (C=N–C) groups is 1. The zero-order chi connectivity index (χ0) is 18.7. The summed E-state index contributed by atoms with van der Waals surface area (Å²) >= 11 is 12.0. The van der Waals surface area contributed by atoms with Gasteiger partial charge in [-0.1, -0.05) is 29.3 Å². The van der Waals surface area contributed by atoms with E-state index in [1.54, 1.807) is 29.8 Å². The van der Waals surface area contributed by atoms with Gasteiger partial charge in [-0.2, -0.15) is 4.57 Å². The molecule has 7 nitrogen and oxygen atoms in total. The van der Waals surface area contributed by atoms with Crippen molar-refractivity contribution in [2.75, 3.05) is 7.05 Å². The van der Waals surface area contributed by atoms with Crippen molar-refractivity contribution in [2.45, 2.75) is 26.4 Å². The van der Waals surface area contributed by atoms with Crippen LogP contribution in [0.25, 0.3) is 0 Å². The summed E-state index contributed by atoms with van der Waals surface area (Å²) in [6.45, 7) is 3.76. The Labute approximate surface area is 159 Å². The van der Waals surface area contributed by atoms with Crippen LogP contribution in [-0.2, 0) is 11.3 Å². The zero-order valence-electron chi connectivity index (χ0n) is 14.3. The highest BCUT2D eigenvalue weighted by atomic mass is 35.5. The van der Waals surface area contributed by atoms with Crippen LogP contribution >= 0.6 is 23.2 Å². The van der Waals surface area contributed by atoms with E-state index in [0.29, 0.717) is 33.2 Å². The van der Waals surface area contributed by atoms with Gasteiger partial charge in [0.25, 0.3) is 17.8 Å². The molecule has 2 aliphatic heterocycles. The number of likely N-dealkylation sites (N-methyl/N-ethyl adjacent to an activating group) is 1. The number of oxazole rings is 1. The molecule has 0 radical (unpaired) electrons. The van der Waals surface area contributed by atoms with Gasteiger partial charge in [-0.25, -0.2) is 4.79 Å². The third kappa shape index (κ3) is 2.34. The van der Waals surface area contributed by atoms with Gasteiger partial charge in [-0.05, 0) is 24.6 Å². The molecule has 9 heteroatoms. The quantitative estimate of drug-likeness (QED) is 0.735. The van der Waals surface area contributed by atoms with Crippen molar-refractivity contribution in [2.24, 2.45) is 4.99 Å². The van der Waals surface area contributed by atoms with E-state index >= 15 is 0 Å². The number of hydrogen-bond acceptors (Lipinski definition) is 4. The van der Waals surface area contributed by atoms with Gasteiger partial charge in [-0.15, -0.1) is 0 Å². The van der Waals surface area contributed by atoms with Gasteiger partial charge in [-0.3, -0.25) is 14.6 Å². The molecule has 26 heavy (non-hydrogen) atoms. The largest absolute Gasteiger partial charge is 0.507 e. The van der Waals surface area contributed by atoms with E-state index in [1.165, 1.54) is 9.80 Å². The summed E-state index contributed by atoms with van der Waals surface area (Å²) in [5, 5.41) is 0.786. The third-order valence-corrected chi connectivity index (χ3v) is 5.46. The first-order valence-corrected chi connectivity index (χ1v) is 8.68. The number of carbonyl (C=O) groups is 2. The van der Waals surface area contributed by atoms with E-state index in [0.717, 1.165) is 5.69 Å². The van der Waals surface area contributed by atoms with Gasteiger partial charge in [0.1, 0.15) is 5.69 Å². The van der Waals surface area contributed by atoms with Gasteiger partial charge in [0, 0.05) is 19.0 Å². The number of halogens is 2. The van der Waals surface area contributed by atoms with E-state index < -0.39 is 12.1 Å². The molecule has 134 valence electrons. The zero-order valence-corrected chi connectivity index (χ0v) is 15.8. The van der Waals surface area contributed by atoms with Crippen LogP contribution in [0.4, 0.5) is 10.8 Å². The summed E-state index contributed by atoms with van der Waals surface area (Å²) in [6.07, 6.45) is 0. The molecule has 0 saturated carbocycles. The lowest BCUT2D eigenvalue weighted by atomic mass is 10.1. The Kier molecular flexibility index (Phi) is 3.82. The van der Waals surface area contributed by atoms with Crippen LogP contribution in [0.3, 0.4) is 0 Å². The summed E-state index contributed by atoms with van der Waals surface area (Å²) in [7, 11) is 1.59. The number of carbonyl (C=O) groups excluding carboxylic acids is 2. The monoisotopic (exact) mass is 393 g/mol. The Hall–Kier alpha value is -2.38. The second-order valence-corrected chi connectivity index (χ2v) is 7.10. The molecular weight excluding hydrogens is 379 g/mol. The molecule has 1 aromatic carbocycles. The minimum absolute atomic E-state index is 0.0917. The maximum atomic E-state index is 13.1. The fourth-order valence-electron chi connectivity index (χ4n) is 3.19. The first-order valence-electron chi connectivity index (χ1n) is 7.92. The number of urea groups is 1. The average Bonchev–Trinajstić information content (AvgIpc) is 3.10. The molecule has 1 unspecified atom stereocenters. The van der Waals surface area contributed by atoms with E-state index in [1.807, 2.05) is 13.8 Å². The predicted molar refractivity (Wildman–Crippen MR) is 94.7 cm³/mol. The average molecular weight is 394 g/mol. The first-order chi connectivity index (χ1) is 12.3. The van der Waals surface area contributed by atoms with Crippen molar-refractivity contribution < 1.29 is 18.6 Å². The lowest BCUT2D eigenvalue weighted by Gasteiger charge is -2.32. The molecule has 1 atom stereocenters. The van der Waals surface area contributed by atoms with Crippen molar-refractivity contribution in [1.82, 2.24) is 9.80 Å². The smallest absolute Gasteiger partial charge is 0.389 e. The lowest BCUT2D eigenvalue weighted by Crippen LogP contribution is -2.63. The number of aryl methyl sites for hydroxylation is 1. The minimum atomic E-state index is -0.715. The van der Waals surface area contributed by atoms with Crippen molar-refractivity contribution in [3.63, 3.8) is 0 Å². The Morgan fingerprint density at radius 2 is 1.96 bits per heavy atom. The highest BCUT2D eigenvalue weighted by Gasteiger charge is 2.55. The highest BCUT2D eigenvalue weighted by Crippen LogP contribution is 2.31. The van der Waals surface area contributed by atoms with Crippen LogP contribution in [-0.4, -0.2) is 34.6 Å². The first kappa shape index (κ1) is 17.1. The number of benzene rings is 1. The van der Waals surface area contributed by atoms with Gasteiger partial charge < -0.3 is 4.42 Å². The number of hydrogen-bond donors (Lipinski definition) is 0. The maximum Gasteiger partial charge on any atom is 0.507 e. The number of fused-ring (bicyclic) bond motifs is 3. The number of nitrogens with zero attached hydrogens (tertiary/aromatic N) is 4. The van der Waals surface area contributed by atoms with Crippen LogP contribution < -0.4 is 4.57 Å². The fraction of sp³-hybridized carbons (Fsp3) is 0.294. The molecule has 0 bridgehead atoms. The summed E-state index contributed by atoms with van der Waals surface area (Å²) in [4.78, 5) is 32.7. The van der Waals surface area contributed by atoms with Crippen LogP contribution in [0.1, 0.15) is 23.1 Å². The Balaban J connectivity index is 1.73. The van der Waals surface area contributed by atoms with Crippen LogP contribution in [0, 0.1) is 13.8 Å². The highest BCUT2D eigenvalue weighted by molar-refractivity contribution is 6.42. The fourth-order valence-corrected chi connectivity index (χ4v) is 3.52. The molecule has 2 aromatic rings. The van der Waals surface area contributed by atoms with Crippen molar-refractivity contribution >= 4 is 47.0 Å². The summed E-state index contributed by atoms with van der Waals surface area (Å²) in [5.74, 6) is 0.698. The SMILES string of the molecule is Cc1oc2[n+](c1C)C1C(=O)N(Cc3ccc(Cl)c(Cl)c3)C(=O)N(C)C1=N2. The molecule has 1 saturated heterocycles. The Bertz CT molecular complexity index is 998. The molecule has 0 spiro atoms.